The number of rotatable bonds is 8. The molecule has 0 aliphatic rings. The van der Waals surface area contributed by atoms with E-state index in [1.807, 2.05) is 60.7 Å². The largest absolute Gasteiger partial charge is 0.493 e. The highest BCUT2D eigenvalue weighted by Crippen LogP contribution is 2.30. The minimum Gasteiger partial charge on any atom is -0.493 e. The number of amides is 1. The van der Waals surface area contributed by atoms with E-state index in [-0.39, 0.29) is 5.91 Å². The molecular weight excluding hydrogens is 366 g/mol. The standard InChI is InChI=1S/C24H25NO4/c1-17(24(26)25-16-20-10-7-11-22(27-2)23(20)28-3)29-21-14-12-19(13-15-21)18-8-5-4-6-9-18/h4-15,17H,16H2,1-3H3,(H,25,26). The minimum atomic E-state index is -0.630. The molecule has 150 valence electrons. The van der Waals surface area contributed by atoms with Gasteiger partial charge < -0.3 is 19.5 Å². The lowest BCUT2D eigenvalue weighted by molar-refractivity contribution is -0.127. The molecule has 0 aliphatic heterocycles. The first kappa shape index (κ1) is 20.3. The number of carbonyl (C=O) groups is 1. The van der Waals surface area contributed by atoms with Gasteiger partial charge in [0.2, 0.25) is 0 Å². The monoisotopic (exact) mass is 391 g/mol. The lowest BCUT2D eigenvalue weighted by Crippen LogP contribution is -2.36. The number of carbonyl (C=O) groups excluding carboxylic acids is 1. The van der Waals surface area contributed by atoms with Crippen LogP contribution < -0.4 is 19.5 Å². The molecule has 1 N–H and O–H groups in total. The van der Waals surface area contributed by atoms with Gasteiger partial charge in [0, 0.05) is 12.1 Å². The van der Waals surface area contributed by atoms with Crippen molar-refractivity contribution in [1.82, 2.24) is 5.32 Å². The molecule has 5 nitrogen and oxygen atoms in total. The van der Waals surface area contributed by atoms with E-state index in [0.29, 0.717) is 23.8 Å². The third-order valence-corrected chi connectivity index (χ3v) is 4.58. The maximum Gasteiger partial charge on any atom is 0.261 e. The van der Waals surface area contributed by atoms with Gasteiger partial charge in [0.25, 0.3) is 5.91 Å². The normalized spacial score (nSPS) is 11.4. The Morgan fingerprint density at radius 3 is 2.21 bits per heavy atom. The highest BCUT2D eigenvalue weighted by atomic mass is 16.5. The second-order valence-electron chi connectivity index (χ2n) is 6.52. The van der Waals surface area contributed by atoms with Crippen LogP contribution in [0.15, 0.2) is 72.8 Å². The van der Waals surface area contributed by atoms with Gasteiger partial charge in [-0.3, -0.25) is 4.79 Å². The Balaban J connectivity index is 1.58. The molecule has 1 unspecified atom stereocenters. The first-order valence-electron chi connectivity index (χ1n) is 9.42. The Kier molecular flexibility index (Phi) is 6.74. The van der Waals surface area contributed by atoms with E-state index in [4.69, 9.17) is 14.2 Å². The fraction of sp³-hybridized carbons (Fsp3) is 0.208. The fourth-order valence-corrected chi connectivity index (χ4v) is 3.03. The van der Waals surface area contributed by atoms with Gasteiger partial charge in [-0.15, -0.1) is 0 Å². The Morgan fingerprint density at radius 2 is 1.55 bits per heavy atom. The van der Waals surface area contributed by atoms with E-state index in [2.05, 4.69) is 17.4 Å². The van der Waals surface area contributed by atoms with Gasteiger partial charge in [-0.05, 0) is 36.2 Å². The van der Waals surface area contributed by atoms with E-state index in [0.717, 1.165) is 16.7 Å². The molecule has 0 aromatic heterocycles. The molecular formula is C24H25NO4. The molecule has 29 heavy (non-hydrogen) atoms. The first-order valence-corrected chi connectivity index (χ1v) is 9.42. The van der Waals surface area contributed by atoms with Crippen LogP contribution in [-0.2, 0) is 11.3 Å². The van der Waals surface area contributed by atoms with Crippen LogP contribution in [0, 0.1) is 0 Å². The zero-order valence-electron chi connectivity index (χ0n) is 16.8. The van der Waals surface area contributed by atoms with Crippen LogP contribution in [0.25, 0.3) is 11.1 Å². The average Bonchev–Trinajstić information content (AvgIpc) is 2.78. The molecule has 0 spiro atoms. The zero-order valence-corrected chi connectivity index (χ0v) is 16.8. The molecule has 0 bridgehead atoms. The number of hydrogen-bond acceptors (Lipinski definition) is 4. The van der Waals surface area contributed by atoms with Crippen molar-refractivity contribution >= 4 is 5.91 Å². The molecule has 0 radical (unpaired) electrons. The van der Waals surface area contributed by atoms with Crippen LogP contribution in [0.2, 0.25) is 0 Å². The second kappa shape index (κ2) is 9.64. The Labute approximate surface area is 171 Å². The Hall–Kier alpha value is -3.47. The predicted octanol–water partition coefficient (Wildman–Crippen LogP) is 4.45. The van der Waals surface area contributed by atoms with E-state index in [1.54, 1.807) is 21.1 Å². The van der Waals surface area contributed by atoms with Crippen LogP contribution in [0.5, 0.6) is 17.2 Å². The second-order valence-corrected chi connectivity index (χ2v) is 6.52. The van der Waals surface area contributed by atoms with Crippen molar-refractivity contribution in [3.63, 3.8) is 0 Å². The number of para-hydroxylation sites is 1. The van der Waals surface area contributed by atoms with Crippen LogP contribution >= 0.6 is 0 Å². The molecule has 1 amide bonds. The highest BCUT2D eigenvalue weighted by Gasteiger charge is 2.16. The summed E-state index contributed by atoms with van der Waals surface area (Å²) in [5, 5.41) is 2.88. The summed E-state index contributed by atoms with van der Waals surface area (Å²) >= 11 is 0. The summed E-state index contributed by atoms with van der Waals surface area (Å²) in [5.41, 5.74) is 3.07. The maximum absolute atomic E-state index is 12.5. The van der Waals surface area contributed by atoms with Gasteiger partial charge in [-0.1, -0.05) is 54.6 Å². The van der Waals surface area contributed by atoms with Gasteiger partial charge >= 0.3 is 0 Å². The molecule has 1 atom stereocenters. The highest BCUT2D eigenvalue weighted by molar-refractivity contribution is 5.80. The van der Waals surface area contributed by atoms with Gasteiger partial charge in [-0.2, -0.15) is 0 Å². The van der Waals surface area contributed by atoms with Crippen LogP contribution in [0.3, 0.4) is 0 Å². The van der Waals surface area contributed by atoms with Crippen molar-refractivity contribution in [2.75, 3.05) is 14.2 Å². The molecule has 5 heteroatoms. The van der Waals surface area contributed by atoms with Crippen molar-refractivity contribution in [2.24, 2.45) is 0 Å². The predicted molar refractivity (Wildman–Crippen MR) is 113 cm³/mol. The number of nitrogens with one attached hydrogen (secondary N) is 1. The quantitative estimate of drug-likeness (QED) is 0.616. The molecule has 3 rings (SSSR count). The van der Waals surface area contributed by atoms with Gasteiger partial charge in [0.05, 0.1) is 14.2 Å². The average molecular weight is 391 g/mol. The van der Waals surface area contributed by atoms with Crippen molar-refractivity contribution < 1.29 is 19.0 Å². The summed E-state index contributed by atoms with van der Waals surface area (Å²) < 4.78 is 16.5. The Morgan fingerprint density at radius 1 is 0.862 bits per heavy atom. The summed E-state index contributed by atoms with van der Waals surface area (Å²) in [7, 11) is 3.16. The summed E-state index contributed by atoms with van der Waals surface area (Å²) in [4.78, 5) is 12.5. The summed E-state index contributed by atoms with van der Waals surface area (Å²) in [5.74, 6) is 1.68. The maximum atomic E-state index is 12.5. The SMILES string of the molecule is COc1cccc(CNC(=O)C(C)Oc2ccc(-c3ccccc3)cc2)c1OC. The van der Waals surface area contributed by atoms with Crippen molar-refractivity contribution in [1.29, 1.82) is 0 Å². The van der Waals surface area contributed by atoms with E-state index in [9.17, 15) is 4.79 Å². The molecule has 0 saturated heterocycles. The van der Waals surface area contributed by atoms with Crippen LogP contribution in [-0.4, -0.2) is 26.2 Å². The van der Waals surface area contributed by atoms with E-state index >= 15 is 0 Å². The molecule has 0 heterocycles. The van der Waals surface area contributed by atoms with Crippen molar-refractivity contribution in [3.05, 3.63) is 78.4 Å². The fourth-order valence-electron chi connectivity index (χ4n) is 3.03. The van der Waals surface area contributed by atoms with Gasteiger partial charge in [0.15, 0.2) is 17.6 Å². The third kappa shape index (κ3) is 5.08. The molecule has 0 fully saturated rings. The summed E-state index contributed by atoms with van der Waals surface area (Å²) in [6, 6.07) is 23.4. The smallest absolute Gasteiger partial charge is 0.261 e. The lowest BCUT2D eigenvalue weighted by atomic mass is 10.1. The Bertz CT molecular complexity index is 939. The van der Waals surface area contributed by atoms with Crippen LogP contribution in [0.1, 0.15) is 12.5 Å². The zero-order chi connectivity index (χ0) is 20.6. The third-order valence-electron chi connectivity index (χ3n) is 4.58. The van der Waals surface area contributed by atoms with Crippen molar-refractivity contribution in [2.45, 2.75) is 19.6 Å². The summed E-state index contributed by atoms with van der Waals surface area (Å²) in [6.07, 6.45) is -0.630. The number of benzene rings is 3. The molecule has 0 aliphatic carbocycles. The molecule has 3 aromatic rings. The van der Waals surface area contributed by atoms with E-state index < -0.39 is 6.10 Å². The molecule has 0 saturated carbocycles. The lowest BCUT2D eigenvalue weighted by Gasteiger charge is -2.17. The van der Waals surface area contributed by atoms with Crippen LogP contribution in [0.4, 0.5) is 0 Å². The number of methoxy groups -OCH3 is 2. The van der Waals surface area contributed by atoms with Gasteiger partial charge in [0.1, 0.15) is 5.75 Å². The first-order chi connectivity index (χ1) is 14.1. The summed E-state index contributed by atoms with van der Waals surface area (Å²) in [6.45, 7) is 2.04. The van der Waals surface area contributed by atoms with Gasteiger partial charge in [-0.25, -0.2) is 0 Å². The van der Waals surface area contributed by atoms with Crippen molar-refractivity contribution in [3.8, 4) is 28.4 Å². The molecule has 3 aromatic carbocycles. The topological polar surface area (TPSA) is 56.8 Å². The number of hydrogen-bond donors (Lipinski definition) is 1. The number of ether oxygens (including phenoxy) is 3. The minimum absolute atomic E-state index is 0.206. The van der Waals surface area contributed by atoms with E-state index in [1.165, 1.54) is 0 Å².